The Labute approximate surface area is 245 Å². The van der Waals surface area contributed by atoms with Crippen molar-refractivity contribution in [3.8, 4) is 0 Å². The summed E-state index contributed by atoms with van der Waals surface area (Å²) in [5.74, 6) is -0.125. The Morgan fingerprint density at radius 1 is 0.400 bits per heavy atom. The van der Waals surface area contributed by atoms with Crippen LogP contribution in [0.2, 0.25) is 0 Å². The number of rotatable bonds is 35. The van der Waals surface area contributed by atoms with Crippen molar-refractivity contribution in [1.29, 1.82) is 0 Å². The lowest BCUT2D eigenvalue weighted by atomic mass is 10.0. The Bertz CT molecular complexity index is 480. The average molecular weight is 579 g/mol. The zero-order chi connectivity index (χ0) is 29.0. The molecule has 0 N–H and O–H groups in total. The number of carbonyl (C=O) groups is 1. The van der Waals surface area contributed by atoms with Crippen LogP contribution in [0.1, 0.15) is 96.8 Å². The molecule has 0 radical (unpaired) electrons. The lowest BCUT2D eigenvalue weighted by Gasteiger charge is -2.08. The fourth-order valence-electron chi connectivity index (χ4n) is 3.92. The van der Waals surface area contributed by atoms with Gasteiger partial charge in [0.05, 0.1) is 85.9 Å². The number of carbonyl (C=O) groups excluding carboxylic acids is 1. The lowest BCUT2D eigenvalue weighted by Crippen LogP contribution is -2.15. The highest BCUT2D eigenvalue weighted by Crippen LogP contribution is 2.13. The molecule has 0 aliphatic carbocycles. The van der Waals surface area contributed by atoms with Crippen LogP contribution < -0.4 is 0 Å². The van der Waals surface area contributed by atoms with E-state index >= 15 is 0 Å². The van der Waals surface area contributed by atoms with Crippen LogP contribution in [0.15, 0.2) is 0 Å². The van der Waals surface area contributed by atoms with Crippen LogP contribution in [0.3, 0.4) is 0 Å². The van der Waals surface area contributed by atoms with Crippen molar-refractivity contribution in [2.24, 2.45) is 0 Å². The number of hydrogen-bond acceptors (Lipinski definition) is 9. The van der Waals surface area contributed by atoms with Crippen molar-refractivity contribution >= 4 is 5.97 Å². The SMILES string of the molecule is CCCCCCCCCCCCCCCC(=O)OCCOCCOCCOCCOCCOCCOCCOC. The normalized spacial score (nSPS) is 11.3. The van der Waals surface area contributed by atoms with Gasteiger partial charge in [0.1, 0.15) is 6.61 Å². The summed E-state index contributed by atoms with van der Waals surface area (Å²) in [7, 11) is 1.65. The molecule has 0 aromatic rings. The first-order chi connectivity index (χ1) is 19.8. The fourth-order valence-corrected chi connectivity index (χ4v) is 3.92. The Balaban J connectivity index is 3.13. The number of ether oxygens (including phenoxy) is 8. The van der Waals surface area contributed by atoms with Gasteiger partial charge >= 0.3 is 5.97 Å². The van der Waals surface area contributed by atoms with Gasteiger partial charge in [-0.05, 0) is 6.42 Å². The molecule has 0 heterocycles. The third kappa shape index (κ3) is 35.2. The van der Waals surface area contributed by atoms with E-state index in [2.05, 4.69) is 6.92 Å². The van der Waals surface area contributed by atoms with Gasteiger partial charge in [0.2, 0.25) is 0 Å². The van der Waals surface area contributed by atoms with Crippen LogP contribution in [0.4, 0.5) is 0 Å². The highest BCUT2D eigenvalue weighted by molar-refractivity contribution is 5.69. The maximum Gasteiger partial charge on any atom is 0.305 e. The maximum atomic E-state index is 11.8. The molecule has 0 aliphatic rings. The van der Waals surface area contributed by atoms with E-state index in [0.29, 0.717) is 98.9 Å². The quantitative estimate of drug-likeness (QED) is 0.0688. The Morgan fingerprint density at radius 2 is 0.700 bits per heavy atom. The van der Waals surface area contributed by atoms with Gasteiger partial charge in [0.15, 0.2) is 0 Å². The van der Waals surface area contributed by atoms with Gasteiger partial charge in [0.25, 0.3) is 0 Å². The van der Waals surface area contributed by atoms with Crippen LogP contribution in [0.5, 0.6) is 0 Å². The third-order valence-corrected chi connectivity index (χ3v) is 6.27. The van der Waals surface area contributed by atoms with E-state index in [1.165, 1.54) is 70.6 Å². The van der Waals surface area contributed by atoms with E-state index in [1.807, 2.05) is 0 Å². The second-order valence-electron chi connectivity index (χ2n) is 9.88. The third-order valence-electron chi connectivity index (χ3n) is 6.27. The first-order valence-electron chi connectivity index (χ1n) is 15.9. The second kappa shape index (κ2) is 36.2. The summed E-state index contributed by atoms with van der Waals surface area (Å²) in [4.78, 5) is 11.8. The van der Waals surface area contributed by atoms with Crippen LogP contribution in [0, 0.1) is 0 Å². The zero-order valence-electron chi connectivity index (χ0n) is 26.0. The molecule has 0 saturated heterocycles. The van der Waals surface area contributed by atoms with Crippen molar-refractivity contribution < 1.29 is 42.7 Å². The summed E-state index contributed by atoms with van der Waals surface area (Å²) in [6.45, 7) is 9.33. The van der Waals surface area contributed by atoms with Gasteiger partial charge in [0, 0.05) is 13.5 Å². The van der Waals surface area contributed by atoms with Crippen molar-refractivity contribution in [1.82, 2.24) is 0 Å². The van der Waals surface area contributed by atoms with E-state index < -0.39 is 0 Å². The Morgan fingerprint density at radius 3 is 1.05 bits per heavy atom. The summed E-state index contributed by atoms with van der Waals surface area (Å²) in [5.41, 5.74) is 0. The number of methoxy groups -OCH3 is 1. The van der Waals surface area contributed by atoms with Crippen molar-refractivity contribution in [2.45, 2.75) is 96.8 Å². The molecule has 0 bridgehead atoms. The molecular weight excluding hydrogens is 516 g/mol. The van der Waals surface area contributed by atoms with Gasteiger partial charge in [-0.1, -0.05) is 84.0 Å². The van der Waals surface area contributed by atoms with Gasteiger partial charge in [-0.3, -0.25) is 4.79 Å². The van der Waals surface area contributed by atoms with E-state index in [-0.39, 0.29) is 5.97 Å². The number of esters is 1. The number of hydrogen-bond donors (Lipinski definition) is 0. The molecular formula is C31H62O9. The average Bonchev–Trinajstić information content (AvgIpc) is 2.96. The lowest BCUT2D eigenvalue weighted by molar-refractivity contribution is -0.145. The Hall–Kier alpha value is -0.810. The predicted molar refractivity (Wildman–Crippen MR) is 158 cm³/mol. The minimum Gasteiger partial charge on any atom is -0.463 e. The molecule has 0 fully saturated rings. The minimum atomic E-state index is -0.125. The second-order valence-corrected chi connectivity index (χ2v) is 9.88. The summed E-state index contributed by atoms with van der Waals surface area (Å²) >= 11 is 0. The molecule has 0 atom stereocenters. The molecule has 0 unspecified atom stereocenters. The van der Waals surface area contributed by atoms with Crippen molar-refractivity contribution in [2.75, 3.05) is 99.6 Å². The highest BCUT2D eigenvalue weighted by Gasteiger charge is 2.03. The van der Waals surface area contributed by atoms with Gasteiger partial charge in [-0.2, -0.15) is 0 Å². The molecule has 0 aromatic heterocycles. The number of unbranched alkanes of at least 4 members (excludes halogenated alkanes) is 12. The fraction of sp³-hybridized carbons (Fsp3) is 0.968. The van der Waals surface area contributed by atoms with E-state index in [4.69, 9.17) is 37.9 Å². The van der Waals surface area contributed by atoms with Gasteiger partial charge in [-0.15, -0.1) is 0 Å². The van der Waals surface area contributed by atoms with Crippen molar-refractivity contribution in [3.63, 3.8) is 0 Å². The molecule has 0 amide bonds. The molecule has 0 saturated carbocycles. The van der Waals surface area contributed by atoms with Crippen molar-refractivity contribution in [3.05, 3.63) is 0 Å². The summed E-state index contributed by atoms with van der Waals surface area (Å²) in [6, 6.07) is 0. The summed E-state index contributed by atoms with van der Waals surface area (Å²) < 4.78 is 42.6. The minimum absolute atomic E-state index is 0.125. The molecule has 0 rings (SSSR count). The first kappa shape index (κ1) is 39.2. The molecule has 240 valence electrons. The molecule has 9 nitrogen and oxygen atoms in total. The zero-order valence-corrected chi connectivity index (χ0v) is 26.0. The smallest absolute Gasteiger partial charge is 0.305 e. The molecule has 9 heteroatoms. The first-order valence-corrected chi connectivity index (χ1v) is 15.9. The van der Waals surface area contributed by atoms with Crippen LogP contribution in [0.25, 0.3) is 0 Å². The molecule has 0 aliphatic heterocycles. The molecule has 0 aromatic carbocycles. The van der Waals surface area contributed by atoms with Crippen LogP contribution in [-0.4, -0.2) is 106 Å². The summed E-state index contributed by atoms with van der Waals surface area (Å²) in [6.07, 6.45) is 17.4. The highest BCUT2D eigenvalue weighted by atomic mass is 16.6. The van der Waals surface area contributed by atoms with Gasteiger partial charge in [-0.25, -0.2) is 0 Å². The van der Waals surface area contributed by atoms with Gasteiger partial charge < -0.3 is 37.9 Å². The predicted octanol–water partition coefficient (Wildman–Crippen LogP) is 5.76. The van der Waals surface area contributed by atoms with E-state index in [1.54, 1.807) is 7.11 Å². The molecule has 0 spiro atoms. The van der Waals surface area contributed by atoms with E-state index in [9.17, 15) is 4.79 Å². The summed E-state index contributed by atoms with van der Waals surface area (Å²) in [5, 5.41) is 0. The largest absolute Gasteiger partial charge is 0.463 e. The van der Waals surface area contributed by atoms with Crippen LogP contribution >= 0.6 is 0 Å². The Kier molecular flexibility index (Phi) is 35.5. The maximum absolute atomic E-state index is 11.8. The topological polar surface area (TPSA) is 90.9 Å². The standard InChI is InChI=1S/C31H62O9/c1-3-4-5-6-7-8-9-10-11-12-13-14-15-16-31(32)40-30-29-39-28-27-38-26-25-37-24-23-36-22-21-35-20-19-34-18-17-33-2/h3-30H2,1-2H3. The monoisotopic (exact) mass is 578 g/mol. The van der Waals surface area contributed by atoms with Crippen LogP contribution in [-0.2, 0) is 42.7 Å². The molecule has 40 heavy (non-hydrogen) atoms. The van der Waals surface area contributed by atoms with E-state index in [0.717, 1.165) is 12.8 Å².